The number of hydrogen-bond donors (Lipinski definition) is 1. The molecule has 2 heterocycles. The number of aliphatic carboxylic acids is 1. The number of likely N-dealkylation sites (tertiary alicyclic amines) is 1. The summed E-state index contributed by atoms with van der Waals surface area (Å²) in [6.07, 6.45) is 2.17. The molecule has 5 heteroatoms. The fourth-order valence-electron chi connectivity index (χ4n) is 3.29. The molecule has 0 radical (unpaired) electrons. The molecule has 118 valence electrons. The van der Waals surface area contributed by atoms with Crippen molar-refractivity contribution >= 4 is 11.9 Å². The zero-order chi connectivity index (χ0) is 15.9. The highest BCUT2D eigenvalue weighted by molar-refractivity contribution is 5.87. The summed E-state index contributed by atoms with van der Waals surface area (Å²) in [5.74, 6) is -0.362. The number of carboxylic acids is 1. The second kappa shape index (κ2) is 5.63. The predicted molar refractivity (Wildman–Crippen MR) is 81.0 cm³/mol. The normalized spacial score (nSPS) is 23.8. The van der Waals surface area contributed by atoms with Crippen molar-refractivity contribution in [2.24, 2.45) is 0 Å². The van der Waals surface area contributed by atoms with E-state index >= 15 is 0 Å². The minimum atomic E-state index is -0.921. The van der Waals surface area contributed by atoms with Crippen LogP contribution < -0.4 is 4.74 Å². The lowest BCUT2D eigenvalue weighted by Crippen LogP contribution is -2.52. The number of carboxylic acid groups (broad SMARTS) is 1. The standard InChI is InChI=1S/C17H21NO4/c1-10-7-12-9-15(22-14(12)8-11(10)2)16(19)18-6-4-3-5-13(18)17(20)21/h7-8,13,15H,3-6,9H2,1-2H3,(H,20,21)/t13-,15?/m1/s1. The summed E-state index contributed by atoms with van der Waals surface area (Å²) in [7, 11) is 0. The molecule has 5 nitrogen and oxygen atoms in total. The quantitative estimate of drug-likeness (QED) is 0.908. The largest absolute Gasteiger partial charge is 0.480 e. The van der Waals surface area contributed by atoms with E-state index in [4.69, 9.17) is 4.74 Å². The summed E-state index contributed by atoms with van der Waals surface area (Å²) < 4.78 is 5.80. The van der Waals surface area contributed by atoms with Gasteiger partial charge < -0.3 is 14.7 Å². The van der Waals surface area contributed by atoms with Crippen LogP contribution in [-0.2, 0) is 16.0 Å². The van der Waals surface area contributed by atoms with Crippen molar-refractivity contribution in [3.05, 3.63) is 28.8 Å². The van der Waals surface area contributed by atoms with Gasteiger partial charge in [-0.2, -0.15) is 0 Å². The molecule has 0 bridgehead atoms. The highest BCUT2D eigenvalue weighted by Gasteiger charge is 2.38. The molecule has 0 aromatic heterocycles. The highest BCUT2D eigenvalue weighted by Crippen LogP contribution is 2.33. The van der Waals surface area contributed by atoms with Crippen molar-refractivity contribution in [1.82, 2.24) is 4.90 Å². The molecule has 1 N–H and O–H groups in total. The van der Waals surface area contributed by atoms with E-state index in [0.29, 0.717) is 19.4 Å². The van der Waals surface area contributed by atoms with Crippen LogP contribution in [0.1, 0.15) is 36.0 Å². The van der Waals surface area contributed by atoms with Crippen molar-refractivity contribution < 1.29 is 19.4 Å². The lowest BCUT2D eigenvalue weighted by Gasteiger charge is -2.34. The Hall–Kier alpha value is -2.04. The van der Waals surface area contributed by atoms with Gasteiger partial charge >= 0.3 is 5.97 Å². The van der Waals surface area contributed by atoms with E-state index in [1.807, 2.05) is 19.9 Å². The number of hydrogen-bond acceptors (Lipinski definition) is 3. The minimum Gasteiger partial charge on any atom is -0.480 e. The molecule has 1 aromatic carbocycles. The Bertz CT molecular complexity index is 594. The molecule has 2 aliphatic heterocycles. The maximum Gasteiger partial charge on any atom is 0.326 e. The van der Waals surface area contributed by atoms with Gasteiger partial charge in [0.05, 0.1) is 0 Å². The summed E-state index contributed by atoms with van der Waals surface area (Å²) in [5.41, 5.74) is 3.34. The number of carbonyl (C=O) groups excluding carboxylic acids is 1. The maximum absolute atomic E-state index is 12.7. The minimum absolute atomic E-state index is 0.196. The molecule has 22 heavy (non-hydrogen) atoms. The van der Waals surface area contributed by atoms with E-state index in [1.165, 1.54) is 10.5 Å². The van der Waals surface area contributed by atoms with Gasteiger partial charge in [0.2, 0.25) is 0 Å². The van der Waals surface area contributed by atoms with E-state index in [9.17, 15) is 14.7 Å². The third-order valence-corrected chi connectivity index (χ3v) is 4.70. The molecular weight excluding hydrogens is 282 g/mol. The van der Waals surface area contributed by atoms with Crippen LogP contribution in [0.5, 0.6) is 5.75 Å². The Morgan fingerprint density at radius 3 is 2.68 bits per heavy atom. The van der Waals surface area contributed by atoms with Crippen LogP contribution in [0.25, 0.3) is 0 Å². The highest BCUT2D eigenvalue weighted by atomic mass is 16.5. The lowest BCUT2D eigenvalue weighted by molar-refractivity contribution is -0.155. The summed E-state index contributed by atoms with van der Waals surface area (Å²) >= 11 is 0. The second-order valence-electron chi connectivity index (χ2n) is 6.24. The molecule has 1 unspecified atom stereocenters. The third-order valence-electron chi connectivity index (χ3n) is 4.70. The number of piperidine rings is 1. The number of rotatable bonds is 2. The number of aryl methyl sites for hydroxylation is 2. The van der Waals surface area contributed by atoms with E-state index in [2.05, 4.69) is 6.07 Å². The SMILES string of the molecule is Cc1cc2c(cc1C)OC(C(=O)N1CCCC[C@@H]1C(=O)O)C2. The molecular formula is C17H21NO4. The molecule has 1 fully saturated rings. The molecule has 3 rings (SSSR count). The average molecular weight is 303 g/mol. The topological polar surface area (TPSA) is 66.8 Å². The lowest BCUT2D eigenvalue weighted by atomic mass is 9.99. The fraction of sp³-hybridized carbons (Fsp3) is 0.529. The first-order valence-electron chi connectivity index (χ1n) is 7.77. The van der Waals surface area contributed by atoms with Gasteiger partial charge in [0.25, 0.3) is 5.91 Å². The van der Waals surface area contributed by atoms with Gasteiger partial charge in [0.15, 0.2) is 6.10 Å². The number of carbonyl (C=O) groups is 2. The van der Waals surface area contributed by atoms with Gasteiger partial charge in [-0.15, -0.1) is 0 Å². The number of nitrogens with zero attached hydrogens (tertiary/aromatic N) is 1. The van der Waals surface area contributed by atoms with Crippen LogP contribution in [0.2, 0.25) is 0 Å². The number of ether oxygens (including phenoxy) is 1. The smallest absolute Gasteiger partial charge is 0.326 e. The van der Waals surface area contributed by atoms with Crippen molar-refractivity contribution in [2.45, 2.75) is 51.7 Å². The van der Waals surface area contributed by atoms with Crippen molar-refractivity contribution in [2.75, 3.05) is 6.54 Å². The summed E-state index contributed by atoms with van der Waals surface area (Å²) in [4.78, 5) is 25.5. The first kappa shape index (κ1) is 14.9. The fourth-order valence-corrected chi connectivity index (χ4v) is 3.29. The molecule has 1 aromatic rings. The van der Waals surface area contributed by atoms with Crippen LogP contribution in [0.15, 0.2) is 12.1 Å². The van der Waals surface area contributed by atoms with E-state index < -0.39 is 18.1 Å². The molecule has 2 atom stereocenters. The van der Waals surface area contributed by atoms with E-state index in [1.54, 1.807) is 0 Å². The molecule has 2 aliphatic rings. The zero-order valence-corrected chi connectivity index (χ0v) is 13.0. The number of amides is 1. The molecule has 0 spiro atoms. The van der Waals surface area contributed by atoms with Crippen molar-refractivity contribution in [3.63, 3.8) is 0 Å². The second-order valence-corrected chi connectivity index (χ2v) is 6.24. The number of benzene rings is 1. The molecule has 0 aliphatic carbocycles. The summed E-state index contributed by atoms with van der Waals surface area (Å²) in [6, 6.07) is 3.31. The van der Waals surface area contributed by atoms with Crippen LogP contribution >= 0.6 is 0 Å². The Morgan fingerprint density at radius 2 is 1.95 bits per heavy atom. The number of fused-ring (bicyclic) bond motifs is 1. The third kappa shape index (κ3) is 2.56. The van der Waals surface area contributed by atoms with Gasteiger partial charge in [-0.3, -0.25) is 4.79 Å². The first-order valence-corrected chi connectivity index (χ1v) is 7.77. The monoisotopic (exact) mass is 303 g/mol. The molecule has 1 amide bonds. The van der Waals surface area contributed by atoms with Gasteiger partial charge in [0, 0.05) is 13.0 Å². The summed E-state index contributed by atoms with van der Waals surface area (Å²) in [6.45, 7) is 4.55. The van der Waals surface area contributed by atoms with Gasteiger partial charge in [-0.1, -0.05) is 6.07 Å². The molecule has 0 saturated carbocycles. The maximum atomic E-state index is 12.7. The van der Waals surface area contributed by atoms with Crippen molar-refractivity contribution in [1.29, 1.82) is 0 Å². The predicted octanol–water partition coefficient (Wildman–Crippen LogP) is 2.07. The van der Waals surface area contributed by atoms with Gasteiger partial charge in [0.1, 0.15) is 11.8 Å². The average Bonchev–Trinajstić information content (AvgIpc) is 2.89. The Balaban J connectivity index is 1.78. The van der Waals surface area contributed by atoms with E-state index in [0.717, 1.165) is 29.7 Å². The van der Waals surface area contributed by atoms with Crippen LogP contribution in [0, 0.1) is 13.8 Å². The van der Waals surface area contributed by atoms with Crippen LogP contribution in [0.4, 0.5) is 0 Å². The van der Waals surface area contributed by atoms with Gasteiger partial charge in [-0.05, 0) is 55.9 Å². The van der Waals surface area contributed by atoms with Gasteiger partial charge in [-0.25, -0.2) is 4.79 Å². The van der Waals surface area contributed by atoms with Crippen molar-refractivity contribution in [3.8, 4) is 5.75 Å². The van der Waals surface area contributed by atoms with Crippen LogP contribution in [-0.4, -0.2) is 40.6 Å². The van der Waals surface area contributed by atoms with Crippen LogP contribution in [0.3, 0.4) is 0 Å². The Kier molecular flexibility index (Phi) is 3.81. The van der Waals surface area contributed by atoms with E-state index in [-0.39, 0.29) is 5.91 Å². The molecule has 1 saturated heterocycles. The Labute approximate surface area is 129 Å². The zero-order valence-electron chi connectivity index (χ0n) is 13.0. The Morgan fingerprint density at radius 1 is 1.23 bits per heavy atom. The summed E-state index contributed by atoms with van der Waals surface area (Å²) in [5, 5.41) is 9.31. The first-order chi connectivity index (χ1) is 10.5.